The number of hydrogen-bond donors (Lipinski definition) is 1. The molecule has 1 aliphatic rings. The Hall–Kier alpha value is -3.08. The number of nitrogens with zero attached hydrogens (tertiary/aromatic N) is 1. The second kappa shape index (κ2) is 8.95. The number of hydrogen-bond acceptors (Lipinski definition) is 4. The molecule has 0 saturated carbocycles. The molecule has 0 spiro atoms. The van der Waals surface area contributed by atoms with E-state index in [1.54, 1.807) is 29.2 Å². The van der Waals surface area contributed by atoms with Crippen molar-refractivity contribution in [1.29, 1.82) is 0 Å². The van der Waals surface area contributed by atoms with E-state index in [9.17, 15) is 14.7 Å². The van der Waals surface area contributed by atoms with Crippen molar-refractivity contribution in [2.75, 3.05) is 6.54 Å². The molecule has 0 radical (unpaired) electrons. The van der Waals surface area contributed by atoms with E-state index in [1.807, 2.05) is 51.1 Å². The Balaban J connectivity index is 2.08. The first kappa shape index (κ1) is 20.6. The average Bonchev–Trinajstić information content (AvgIpc) is 2.97. The van der Waals surface area contributed by atoms with Crippen LogP contribution in [0.5, 0.6) is 5.75 Å². The van der Waals surface area contributed by atoms with E-state index in [1.165, 1.54) is 0 Å². The molecule has 2 aromatic rings. The zero-order valence-corrected chi connectivity index (χ0v) is 17.1. The lowest BCUT2D eigenvalue weighted by Crippen LogP contribution is -2.30. The molecule has 1 N–H and O–H groups in total. The third kappa shape index (κ3) is 4.34. The lowest BCUT2D eigenvalue weighted by molar-refractivity contribution is -0.139. The average molecular weight is 393 g/mol. The molecule has 1 fully saturated rings. The van der Waals surface area contributed by atoms with Crippen molar-refractivity contribution in [1.82, 2.24) is 4.90 Å². The van der Waals surface area contributed by atoms with E-state index in [-0.39, 0.29) is 17.4 Å². The summed E-state index contributed by atoms with van der Waals surface area (Å²) in [4.78, 5) is 27.2. The number of carbonyl (C=O) groups excluding carboxylic acids is 2. The molecule has 152 valence electrons. The van der Waals surface area contributed by atoms with Gasteiger partial charge < -0.3 is 14.7 Å². The molecule has 1 saturated heterocycles. The van der Waals surface area contributed by atoms with Crippen LogP contribution in [0.1, 0.15) is 50.8 Å². The second-order valence-electron chi connectivity index (χ2n) is 7.45. The zero-order valence-electron chi connectivity index (χ0n) is 17.1. The summed E-state index contributed by atoms with van der Waals surface area (Å²) in [7, 11) is 0. The lowest BCUT2D eigenvalue weighted by atomic mass is 9.95. The Labute approximate surface area is 171 Å². The molecule has 0 aromatic heterocycles. The quantitative estimate of drug-likeness (QED) is 0.421. The summed E-state index contributed by atoms with van der Waals surface area (Å²) >= 11 is 0. The van der Waals surface area contributed by atoms with Gasteiger partial charge in [-0.3, -0.25) is 9.59 Å². The molecule has 1 unspecified atom stereocenters. The van der Waals surface area contributed by atoms with Crippen molar-refractivity contribution in [2.45, 2.75) is 45.8 Å². The van der Waals surface area contributed by atoms with Crippen molar-refractivity contribution in [3.63, 3.8) is 0 Å². The van der Waals surface area contributed by atoms with Crippen LogP contribution in [0.25, 0.3) is 5.76 Å². The van der Waals surface area contributed by atoms with Gasteiger partial charge in [-0.25, -0.2) is 0 Å². The molecule has 5 heteroatoms. The van der Waals surface area contributed by atoms with Gasteiger partial charge >= 0.3 is 0 Å². The van der Waals surface area contributed by atoms with Crippen molar-refractivity contribution >= 4 is 17.4 Å². The van der Waals surface area contributed by atoms with Crippen LogP contribution in [0.2, 0.25) is 0 Å². The van der Waals surface area contributed by atoms with E-state index in [0.717, 1.165) is 24.2 Å². The fourth-order valence-corrected chi connectivity index (χ4v) is 3.54. The van der Waals surface area contributed by atoms with E-state index in [0.29, 0.717) is 12.1 Å². The van der Waals surface area contributed by atoms with Gasteiger partial charge in [0.25, 0.3) is 11.7 Å². The lowest BCUT2D eigenvalue weighted by Gasteiger charge is -2.25. The van der Waals surface area contributed by atoms with Crippen LogP contribution in [0.15, 0.2) is 60.2 Å². The molecule has 2 aromatic carbocycles. The third-order valence-electron chi connectivity index (χ3n) is 4.91. The smallest absolute Gasteiger partial charge is 0.295 e. The fourth-order valence-electron chi connectivity index (χ4n) is 3.54. The van der Waals surface area contributed by atoms with Crippen LogP contribution in [0, 0.1) is 0 Å². The number of Topliss-reactive ketones (excluding diaryl/α,β-unsaturated/α-hetero) is 1. The number of unbranched alkanes of at least 4 members (excludes halogenated alkanes) is 1. The highest BCUT2D eigenvalue weighted by atomic mass is 16.5. The molecular weight excluding hydrogens is 366 g/mol. The molecule has 29 heavy (non-hydrogen) atoms. The summed E-state index contributed by atoms with van der Waals surface area (Å²) in [5.74, 6) is -0.633. The van der Waals surface area contributed by atoms with E-state index < -0.39 is 17.7 Å². The minimum absolute atomic E-state index is 0.0501. The number of ketones is 1. The number of likely N-dealkylation sites (tertiary alicyclic amines) is 1. The first-order valence-electron chi connectivity index (χ1n) is 10.0. The SMILES string of the molecule is CCCCN1C(=O)C(=O)/C(=C(\O)c2ccccc2)C1c1ccc(OC(C)C)cc1. The first-order valence-corrected chi connectivity index (χ1v) is 10.0. The monoisotopic (exact) mass is 393 g/mol. The molecule has 1 aliphatic heterocycles. The second-order valence-corrected chi connectivity index (χ2v) is 7.45. The van der Waals surface area contributed by atoms with Gasteiger partial charge in [-0.1, -0.05) is 55.8 Å². The maximum Gasteiger partial charge on any atom is 0.295 e. The van der Waals surface area contributed by atoms with Gasteiger partial charge in [0.05, 0.1) is 17.7 Å². The first-order chi connectivity index (χ1) is 13.9. The molecule has 0 bridgehead atoms. The highest BCUT2D eigenvalue weighted by Crippen LogP contribution is 2.39. The summed E-state index contributed by atoms with van der Waals surface area (Å²) in [6, 6.07) is 15.6. The Morgan fingerprint density at radius 2 is 1.72 bits per heavy atom. The molecule has 1 atom stereocenters. The molecule has 1 amide bonds. The fraction of sp³-hybridized carbons (Fsp3) is 0.333. The minimum Gasteiger partial charge on any atom is -0.507 e. The van der Waals surface area contributed by atoms with Crippen molar-refractivity contribution in [3.8, 4) is 5.75 Å². The van der Waals surface area contributed by atoms with Crippen LogP contribution < -0.4 is 4.74 Å². The highest BCUT2D eigenvalue weighted by Gasteiger charge is 2.45. The van der Waals surface area contributed by atoms with Gasteiger partial charge in [0.2, 0.25) is 0 Å². The van der Waals surface area contributed by atoms with Crippen molar-refractivity contribution in [3.05, 3.63) is 71.3 Å². The Morgan fingerprint density at radius 1 is 1.07 bits per heavy atom. The van der Waals surface area contributed by atoms with Crippen LogP contribution in [0.4, 0.5) is 0 Å². The number of aliphatic hydroxyl groups is 1. The van der Waals surface area contributed by atoms with E-state index in [2.05, 4.69) is 0 Å². The largest absolute Gasteiger partial charge is 0.507 e. The summed E-state index contributed by atoms with van der Waals surface area (Å²) < 4.78 is 5.70. The third-order valence-corrected chi connectivity index (χ3v) is 4.91. The van der Waals surface area contributed by atoms with Crippen LogP contribution >= 0.6 is 0 Å². The van der Waals surface area contributed by atoms with Crippen LogP contribution in [-0.4, -0.2) is 34.3 Å². The van der Waals surface area contributed by atoms with Crippen molar-refractivity contribution < 1.29 is 19.4 Å². The summed E-state index contributed by atoms with van der Waals surface area (Å²) in [6.45, 7) is 6.40. The summed E-state index contributed by atoms with van der Waals surface area (Å²) in [5.41, 5.74) is 1.43. The Kier molecular flexibility index (Phi) is 6.37. The van der Waals surface area contributed by atoms with E-state index in [4.69, 9.17) is 4.74 Å². The predicted octanol–water partition coefficient (Wildman–Crippen LogP) is 4.70. The van der Waals surface area contributed by atoms with Crippen molar-refractivity contribution in [2.24, 2.45) is 0 Å². The number of carbonyl (C=O) groups is 2. The molecule has 5 nitrogen and oxygen atoms in total. The Morgan fingerprint density at radius 3 is 2.31 bits per heavy atom. The molecule has 3 rings (SSSR count). The highest BCUT2D eigenvalue weighted by molar-refractivity contribution is 6.46. The predicted molar refractivity (Wildman–Crippen MR) is 113 cm³/mol. The van der Waals surface area contributed by atoms with Gasteiger partial charge in [-0.05, 0) is 38.0 Å². The van der Waals surface area contributed by atoms with Gasteiger partial charge in [-0.15, -0.1) is 0 Å². The van der Waals surface area contributed by atoms with Gasteiger partial charge in [0.1, 0.15) is 11.5 Å². The topological polar surface area (TPSA) is 66.8 Å². The van der Waals surface area contributed by atoms with Gasteiger partial charge in [-0.2, -0.15) is 0 Å². The maximum atomic E-state index is 12.9. The van der Waals surface area contributed by atoms with Crippen LogP contribution in [-0.2, 0) is 9.59 Å². The molecular formula is C24H27NO4. The molecule has 1 heterocycles. The number of benzene rings is 2. The number of rotatable bonds is 7. The number of ether oxygens (including phenoxy) is 1. The van der Waals surface area contributed by atoms with E-state index >= 15 is 0 Å². The zero-order chi connectivity index (χ0) is 21.0. The normalized spacial score (nSPS) is 18.5. The summed E-state index contributed by atoms with van der Waals surface area (Å²) in [6.07, 6.45) is 1.73. The van der Waals surface area contributed by atoms with Crippen LogP contribution in [0.3, 0.4) is 0 Å². The minimum atomic E-state index is -0.644. The van der Waals surface area contributed by atoms with Gasteiger partial charge in [0, 0.05) is 12.1 Å². The summed E-state index contributed by atoms with van der Waals surface area (Å²) in [5, 5.41) is 10.9. The standard InChI is InChI=1S/C24H27NO4/c1-4-5-15-25-21(17-11-13-19(14-12-17)29-16(2)3)20(23(27)24(25)28)22(26)18-9-7-6-8-10-18/h6-14,16,21,26H,4-5,15H2,1-3H3/b22-20-. The number of amides is 1. The number of aliphatic hydroxyl groups excluding tert-OH is 1. The van der Waals surface area contributed by atoms with Gasteiger partial charge in [0.15, 0.2) is 0 Å². The maximum absolute atomic E-state index is 12.9. The Bertz CT molecular complexity index is 900. The molecule has 0 aliphatic carbocycles.